The van der Waals surface area contributed by atoms with E-state index in [0.717, 1.165) is 25.0 Å². The predicted octanol–water partition coefficient (Wildman–Crippen LogP) is 2.61. The van der Waals surface area contributed by atoms with Crippen molar-refractivity contribution in [2.24, 2.45) is 10.9 Å². The van der Waals surface area contributed by atoms with Crippen LogP contribution in [0, 0.1) is 5.92 Å². The zero-order valence-electron chi connectivity index (χ0n) is 14.4. The Morgan fingerprint density at radius 1 is 1.18 bits per heavy atom. The van der Waals surface area contributed by atoms with Gasteiger partial charge in [-0.25, -0.2) is 4.99 Å². The van der Waals surface area contributed by atoms with Crippen LogP contribution in [-0.4, -0.2) is 50.5 Å². The van der Waals surface area contributed by atoms with Crippen LogP contribution in [0.1, 0.15) is 51.9 Å². The van der Waals surface area contributed by atoms with Crippen molar-refractivity contribution in [1.29, 1.82) is 0 Å². The zero-order valence-corrected chi connectivity index (χ0v) is 16.7. The quantitative estimate of drug-likeness (QED) is 0.273. The molecule has 0 unspecified atom stereocenters. The highest BCUT2D eigenvalue weighted by molar-refractivity contribution is 14.0. The number of hydrogen-bond acceptors (Lipinski definition) is 2. The fourth-order valence-corrected chi connectivity index (χ4v) is 2.69. The van der Waals surface area contributed by atoms with E-state index in [0.29, 0.717) is 0 Å². The minimum absolute atomic E-state index is 0. The molecule has 1 rings (SSSR count). The van der Waals surface area contributed by atoms with E-state index < -0.39 is 0 Å². The lowest BCUT2D eigenvalue weighted by Gasteiger charge is -2.13. The molecule has 0 radical (unpaired) electrons. The first kappa shape index (κ1) is 21.5. The Bertz CT molecular complexity index is 328. The molecule has 0 spiro atoms. The van der Waals surface area contributed by atoms with Crippen LogP contribution in [0.25, 0.3) is 0 Å². The second kappa shape index (κ2) is 13.0. The summed E-state index contributed by atoms with van der Waals surface area (Å²) in [5.41, 5.74) is 0. The van der Waals surface area contributed by atoms with Crippen LogP contribution in [0.5, 0.6) is 0 Å². The highest BCUT2D eigenvalue weighted by atomic mass is 127. The van der Waals surface area contributed by atoms with Gasteiger partial charge in [0.15, 0.2) is 5.96 Å². The normalized spacial score (nSPS) is 15.3. The molecule has 0 atom stereocenters. The Morgan fingerprint density at radius 2 is 1.86 bits per heavy atom. The molecule has 5 nitrogen and oxygen atoms in total. The first-order chi connectivity index (χ1) is 10.1. The van der Waals surface area contributed by atoms with Crippen molar-refractivity contribution in [2.75, 3.05) is 33.7 Å². The van der Waals surface area contributed by atoms with Crippen LogP contribution in [0.15, 0.2) is 4.99 Å². The van der Waals surface area contributed by atoms with Gasteiger partial charge in [0.05, 0.1) is 0 Å². The number of aliphatic imine (C=N–C) groups is 1. The van der Waals surface area contributed by atoms with Crippen molar-refractivity contribution in [3.8, 4) is 0 Å². The van der Waals surface area contributed by atoms with Crippen molar-refractivity contribution in [3.63, 3.8) is 0 Å². The predicted molar refractivity (Wildman–Crippen MR) is 104 cm³/mol. The molecule has 0 aromatic carbocycles. The van der Waals surface area contributed by atoms with Gasteiger partial charge in [0.25, 0.3) is 0 Å². The van der Waals surface area contributed by atoms with Crippen molar-refractivity contribution in [1.82, 2.24) is 15.5 Å². The maximum atomic E-state index is 11.5. The SMILES string of the molecule is CCNC(=NCC(=O)N(C)C)NCCCCC1CCCC1.I. The number of carbonyl (C=O) groups excluding carboxylic acids is 1. The lowest BCUT2D eigenvalue weighted by atomic mass is 10.0. The van der Waals surface area contributed by atoms with Gasteiger partial charge >= 0.3 is 0 Å². The molecule has 0 bridgehead atoms. The van der Waals surface area contributed by atoms with E-state index >= 15 is 0 Å². The number of amides is 1. The standard InChI is InChI=1S/C16H32N4O.HI/c1-4-17-16(19-13-15(21)20(2)3)18-12-8-7-11-14-9-5-6-10-14;/h14H,4-13H2,1-3H3,(H2,17,18,19);1H. The number of nitrogens with zero attached hydrogens (tertiary/aromatic N) is 2. The Kier molecular flexibility index (Phi) is 12.6. The molecule has 22 heavy (non-hydrogen) atoms. The fourth-order valence-electron chi connectivity index (χ4n) is 2.69. The molecule has 0 aliphatic heterocycles. The number of likely N-dealkylation sites (N-methyl/N-ethyl adjacent to an activating group) is 1. The average molecular weight is 424 g/mol. The van der Waals surface area contributed by atoms with Gasteiger partial charge in [-0.3, -0.25) is 4.79 Å². The second-order valence-corrected chi connectivity index (χ2v) is 6.06. The molecular weight excluding hydrogens is 391 g/mol. The minimum Gasteiger partial charge on any atom is -0.357 e. The van der Waals surface area contributed by atoms with Gasteiger partial charge in [-0.2, -0.15) is 0 Å². The summed E-state index contributed by atoms with van der Waals surface area (Å²) in [6, 6.07) is 0. The van der Waals surface area contributed by atoms with Crippen molar-refractivity contribution in [3.05, 3.63) is 0 Å². The number of rotatable bonds is 8. The zero-order chi connectivity index (χ0) is 15.5. The molecule has 0 heterocycles. The number of unbranched alkanes of at least 4 members (excludes halogenated alkanes) is 1. The van der Waals surface area contributed by atoms with Crippen LogP contribution < -0.4 is 10.6 Å². The minimum atomic E-state index is 0. The van der Waals surface area contributed by atoms with Crippen molar-refractivity contribution < 1.29 is 4.79 Å². The lowest BCUT2D eigenvalue weighted by Crippen LogP contribution is -2.38. The van der Waals surface area contributed by atoms with Crippen LogP contribution in [0.2, 0.25) is 0 Å². The summed E-state index contributed by atoms with van der Waals surface area (Å²) in [4.78, 5) is 17.4. The smallest absolute Gasteiger partial charge is 0.243 e. The molecule has 1 amide bonds. The number of guanidine groups is 1. The third-order valence-electron chi connectivity index (χ3n) is 4.02. The molecule has 1 aliphatic carbocycles. The van der Waals surface area contributed by atoms with Crippen LogP contribution >= 0.6 is 24.0 Å². The van der Waals surface area contributed by atoms with Gasteiger partial charge in [-0.15, -0.1) is 24.0 Å². The first-order valence-electron chi connectivity index (χ1n) is 8.35. The van der Waals surface area contributed by atoms with Crippen molar-refractivity contribution in [2.45, 2.75) is 51.9 Å². The molecule has 6 heteroatoms. The van der Waals surface area contributed by atoms with Crippen molar-refractivity contribution >= 4 is 35.8 Å². The van der Waals surface area contributed by atoms with Gasteiger partial charge in [0.1, 0.15) is 6.54 Å². The molecule has 0 saturated heterocycles. The summed E-state index contributed by atoms with van der Waals surface area (Å²) in [6.45, 7) is 3.97. The van der Waals surface area contributed by atoms with Gasteiger partial charge in [0.2, 0.25) is 5.91 Å². The van der Waals surface area contributed by atoms with Gasteiger partial charge in [-0.05, 0) is 19.3 Å². The maximum Gasteiger partial charge on any atom is 0.243 e. The van der Waals surface area contributed by atoms with E-state index in [2.05, 4.69) is 15.6 Å². The summed E-state index contributed by atoms with van der Waals surface area (Å²) in [5, 5.41) is 6.49. The summed E-state index contributed by atoms with van der Waals surface area (Å²) in [6.07, 6.45) is 9.55. The summed E-state index contributed by atoms with van der Waals surface area (Å²) >= 11 is 0. The van der Waals surface area contributed by atoms with E-state index in [4.69, 9.17) is 0 Å². The van der Waals surface area contributed by atoms with Crippen LogP contribution in [-0.2, 0) is 4.79 Å². The summed E-state index contributed by atoms with van der Waals surface area (Å²) in [5.74, 6) is 1.74. The van der Waals surface area contributed by atoms with Gasteiger partial charge in [-0.1, -0.05) is 38.5 Å². The van der Waals surface area contributed by atoms with Gasteiger partial charge < -0.3 is 15.5 Å². The third kappa shape index (κ3) is 9.48. The third-order valence-corrected chi connectivity index (χ3v) is 4.02. The van der Waals surface area contributed by atoms with Crippen LogP contribution in [0.3, 0.4) is 0 Å². The number of halogens is 1. The Hall–Kier alpha value is -0.530. The van der Waals surface area contributed by atoms with Crippen LogP contribution in [0.4, 0.5) is 0 Å². The Morgan fingerprint density at radius 3 is 2.45 bits per heavy atom. The Balaban J connectivity index is 0.00000441. The fraction of sp³-hybridized carbons (Fsp3) is 0.875. The maximum absolute atomic E-state index is 11.5. The summed E-state index contributed by atoms with van der Waals surface area (Å²) in [7, 11) is 3.50. The summed E-state index contributed by atoms with van der Waals surface area (Å²) < 4.78 is 0. The number of hydrogen-bond donors (Lipinski definition) is 2. The monoisotopic (exact) mass is 424 g/mol. The average Bonchev–Trinajstić information content (AvgIpc) is 2.96. The highest BCUT2D eigenvalue weighted by Gasteiger charge is 2.13. The molecule has 130 valence electrons. The molecule has 1 saturated carbocycles. The van der Waals surface area contributed by atoms with Gasteiger partial charge in [0, 0.05) is 27.2 Å². The topological polar surface area (TPSA) is 56.7 Å². The van der Waals surface area contributed by atoms with E-state index in [1.54, 1.807) is 19.0 Å². The second-order valence-electron chi connectivity index (χ2n) is 6.06. The lowest BCUT2D eigenvalue weighted by molar-refractivity contribution is -0.127. The van der Waals surface area contributed by atoms with E-state index in [-0.39, 0.29) is 36.4 Å². The molecule has 1 aliphatic rings. The molecule has 0 aromatic rings. The molecule has 1 fully saturated rings. The Labute approximate surface area is 152 Å². The molecular formula is C16H33IN4O. The largest absolute Gasteiger partial charge is 0.357 e. The molecule has 0 aromatic heterocycles. The van der Waals surface area contributed by atoms with E-state index in [1.165, 1.54) is 44.9 Å². The highest BCUT2D eigenvalue weighted by Crippen LogP contribution is 2.28. The van der Waals surface area contributed by atoms with E-state index in [1.807, 2.05) is 6.92 Å². The number of carbonyl (C=O) groups is 1. The van der Waals surface area contributed by atoms with E-state index in [9.17, 15) is 4.79 Å². The first-order valence-corrected chi connectivity index (χ1v) is 8.35. The number of nitrogens with one attached hydrogen (secondary N) is 2. The molecule has 2 N–H and O–H groups in total.